The molecule has 0 bridgehead atoms. The van der Waals surface area contributed by atoms with Crippen LogP contribution in [0.5, 0.6) is 0 Å². The number of halogens is 3. The van der Waals surface area contributed by atoms with E-state index >= 15 is 0 Å². The van der Waals surface area contributed by atoms with Crippen LogP contribution in [0.2, 0.25) is 0 Å². The van der Waals surface area contributed by atoms with Crippen LogP contribution in [0.4, 0.5) is 13.2 Å². The summed E-state index contributed by atoms with van der Waals surface area (Å²) in [5.41, 5.74) is -1.01. The minimum Gasteiger partial charge on any atom is -0.272 e. The molecule has 0 spiro atoms. The van der Waals surface area contributed by atoms with Crippen LogP contribution in [0.25, 0.3) is 0 Å². The summed E-state index contributed by atoms with van der Waals surface area (Å²) >= 11 is 0. The summed E-state index contributed by atoms with van der Waals surface area (Å²) in [7, 11) is 0. The molecular formula is C22H15F3N4O5. The van der Waals surface area contributed by atoms with E-state index in [0.717, 1.165) is 28.9 Å². The van der Waals surface area contributed by atoms with Crippen LogP contribution < -0.4 is 0 Å². The zero-order chi connectivity index (χ0) is 24.6. The van der Waals surface area contributed by atoms with Gasteiger partial charge in [0.2, 0.25) is 6.54 Å². The topological polar surface area (TPSA) is 115 Å². The number of carbonyl (C=O) groups is 3. The molecule has 2 atom stereocenters. The molecule has 1 aliphatic rings. The van der Waals surface area contributed by atoms with Gasteiger partial charge in [-0.15, -0.1) is 0 Å². The molecule has 2 amide bonds. The number of hydrogen-bond acceptors (Lipinski definition) is 6. The number of amides is 2. The Morgan fingerprint density at radius 2 is 1.59 bits per heavy atom. The maximum atomic E-state index is 13.4. The monoisotopic (exact) mass is 472 g/mol. The summed E-state index contributed by atoms with van der Waals surface area (Å²) in [5.74, 6) is -4.08. The number of imide groups is 1. The van der Waals surface area contributed by atoms with E-state index in [1.54, 1.807) is 0 Å². The van der Waals surface area contributed by atoms with Gasteiger partial charge in [0.25, 0.3) is 17.7 Å². The van der Waals surface area contributed by atoms with Crippen molar-refractivity contribution in [1.29, 1.82) is 0 Å². The van der Waals surface area contributed by atoms with Gasteiger partial charge in [0, 0.05) is 17.3 Å². The third-order valence-corrected chi connectivity index (χ3v) is 5.47. The van der Waals surface area contributed by atoms with Crippen molar-refractivity contribution in [2.75, 3.05) is 6.54 Å². The summed E-state index contributed by atoms with van der Waals surface area (Å²) in [4.78, 5) is 50.9. The van der Waals surface area contributed by atoms with Crippen molar-refractivity contribution in [2.24, 2.45) is 0 Å². The largest absolute Gasteiger partial charge is 0.416 e. The molecule has 0 radical (unpaired) electrons. The molecule has 0 unspecified atom stereocenters. The number of fused-ring (bicyclic) bond motifs is 1. The first kappa shape index (κ1) is 22.8. The molecule has 34 heavy (non-hydrogen) atoms. The van der Waals surface area contributed by atoms with Crippen LogP contribution in [0.15, 0.2) is 67.0 Å². The highest BCUT2D eigenvalue weighted by molar-refractivity contribution is 6.21. The van der Waals surface area contributed by atoms with Gasteiger partial charge in [0.05, 0.1) is 22.6 Å². The minimum atomic E-state index is -4.65. The van der Waals surface area contributed by atoms with E-state index in [9.17, 15) is 37.7 Å². The van der Waals surface area contributed by atoms with Gasteiger partial charge in [-0.3, -0.25) is 29.4 Å². The SMILES string of the molecule is O=C1c2ccccc2C(=O)N1[C@@H](C[N+](=O)[O-])[C@@H](C(=O)n1cccn1)c1ccc(C(F)(F)F)cc1. The molecule has 2 aromatic carbocycles. The van der Waals surface area contributed by atoms with Gasteiger partial charge < -0.3 is 0 Å². The zero-order valence-corrected chi connectivity index (χ0v) is 17.2. The van der Waals surface area contributed by atoms with Crippen molar-refractivity contribution in [3.63, 3.8) is 0 Å². The van der Waals surface area contributed by atoms with Crippen molar-refractivity contribution in [1.82, 2.24) is 14.7 Å². The van der Waals surface area contributed by atoms with Gasteiger partial charge in [-0.25, -0.2) is 4.68 Å². The van der Waals surface area contributed by atoms with Crippen molar-refractivity contribution in [3.8, 4) is 0 Å². The molecule has 0 fully saturated rings. The quantitative estimate of drug-likeness (QED) is 0.309. The second kappa shape index (κ2) is 8.54. The second-order valence-electron chi connectivity index (χ2n) is 7.49. The fourth-order valence-electron chi connectivity index (χ4n) is 3.95. The summed E-state index contributed by atoms with van der Waals surface area (Å²) < 4.78 is 40.0. The zero-order valence-electron chi connectivity index (χ0n) is 17.2. The molecule has 174 valence electrons. The number of aromatic nitrogens is 2. The van der Waals surface area contributed by atoms with Crippen molar-refractivity contribution in [3.05, 3.63) is 99.4 Å². The number of carbonyl (C=O) groups excluding carboxylic acids is 3. The van der Waals surface area contributed by atoms with Crippen molar-refractivity contribution in [2.45, 2.75) is 18.1 Å². The third-order valence-electron chi connectivity index (χ3n) is 5.47. The molecule has 2 heterocycles. The number of rotatable bonds is 6. The Bertz CT molecular complexity index is 1240. The van der Waals surface area contributed by atoms with Crippen LogP contribution in [0, 0.1) is 10.1 Å². The van der Waals surface area contributed by atoms with Crippen LogP contribution in [0.1, 0.15) is 42.6 Å². The normalized spacial score (nSPS) is 15.2. The number of hydrogen-bond donors (Lipinski definition) is 0. The molecule has 0 N–H and O–H groups in total. The molecule has 0 saturated heterocycles. The highest BCUT2D eigenvalue weighted by atomic mass is 19.4. The molecule has 1 aromatic heterocycles. The Morgan fingerprint density at radius 1 is 1.00 bits per heavy atom. The first-order valence-corrected chi connectivity index (χ1v) is 9.89. The lowest BCUT2D eigenvalue weighted by molar-refractivity contribution is -0.485. The van der Waals surface area contributed by atoms with E-state index < -0.39 is 52.9 Å². The molecular weight excluding hydrogens is 457 g/mol. The lowest BCUT2D eigenvalue weighted by Crippen LogP contribution is -2.50. The van der Waals surface area contributed by atoms with Crippen LogP contribution >= 0.6 is 0 Å². The van der Waals surface area contributed by atoms with Crippen molar-refractivity contribution >= 4 is 17.7 Å². The van der Waals surface area contributed by atoms with Gasteiger partial charge in [0.1, 0.15) is 6.04 Å². The summed E-state index contributed by atoms with van der Waals surface area (Å²) in [6, 6.07) is 9.01. The van der Waals surface area contributed by atoms with Gasteiger partial charge in [0.15, 0.2) is 0 Å². The lowest BCUT2D eigenvalue weighted by Gasteiger charge is -2.30. The minimum absolute atomic E-state index is 0.0126. The first-order chi connectivity index (χ1) is 16.1. The Labute approximate surface area is 189 Å². The molecule has 0 saturated carbocycles. The van der Waals surface area contributed by atoms with Gasteiger partial charge in [-0.1, -0.05) is 24.3 Å². The fourth-order valence-corrected chi connectivity index (χ4v) is 3.95. The third kappa shape index (κ3) is 4.05. The van der Waals surface area contributed by atoms with Crippen LogP contribution in [0.3, 0.4) is 0 Å². The predicted molar refractivity (Wildman–Crippen MR) is 110 cm³/mol. The van der Waals surface area contributed by atoms with E-state index in [4.69, 9.17) is 0 Å². The highest BCUT2D eigenvalue weighted by Crippen LogP contribution is 2.35. The molecule has 4 rings (SSSR count). The maximum Gasteiger partial charge on any atom is 0.416 e. The number of nitro groups is 1. The van der Waals surface area contributed by atoms with Crippen LogP contribution in [-0.2, 0) is 6.18 Å². The Balaban J connectivity index is 1.85. The van der Waals surface area contributed by atoms with E-state index in [2.05, 4.69) is 5.10 Å². The number of alkyl halides is 3. The average Bonchev–Trinajstić information content (AvgIpc) is 3.41. The van der Waals surface area contributed by atoms with Gasteiger partial charge in [-0.05, 0) is 35.9 Å². The first-order valence-electron chi connectivity index (χ1n) is 9.89. The smallest absolute Gasteiger partial charge is 0.272 e. The average molecular weight is 472 g/mol. The summed E-state index contributed by atoms with van der Waals surface area (Å²) in [5, 5.41) is 15.4. The Kier molecular flexibility index (Phi) is 5.73. The molecule has 0 aliphatic carbocycles. The molecule has 12 heteroatoms. The van der Waals surface area contributed by atoms with Crippen molar-refractivity contribution < 1.29 is 32.5 Å². The Morgan fingerprint density at radius 3 is 2.06 bits per heavy atom. The summed E-state index contributed by atoms with van der Waals surface area (Å²) in [6.45, 7) is -1.01. The van der Waals surface area contributed by atoms with Gasteiger partial charge >= 0.3 is 6.18 Å². The van der Waals surface area contributed by atoms with E-state index in [-0.39, 0.29) is 16.7 Å². The number of nitrogens with zero attached hydrogens (tertiary/aromatic N) is 4. The lowest BCUT2D eigenvalue weighted by atomic mass is 9.88. The fraction of sp³-hybridized carbons (Fsp3) is 0.182. The highest BCUT2D eigenvalue weighted by Gasteiger charge is 2.48. The maximum absolute atomic E-state index is 13.4. The summed E-state index contributed by atoms with van der Waals surface area (Å²) in [6.07, 6.45) is -2.12. The molecule has 1 aliphatic heterocycles. The van der Waals surface area contributed by atoms with E-state index in [1.165, 1.54) is 42.7 Å². The van der Waals surface area contributed by atoms with E-state index in [1.807, 2.05) is 0 Å². The predicted octanol–water partition coefficient (Wildman–Crippen LogP) is 3.27. The molecule has 3 aromatic rings. The second-order valence-corrected chi connectivity index (χ2v) is 7.49. The van der Waals surface area contributed by atoms with Crippen LogP contribution in [-0.4, -0.2) is 49.9 Å². The van der Waals surface area contributed by atoms with E-state index in [0.29, 0.717) is 4.90 Å². The standard InChI is InChI=1S/C22H15F3N4O5/c23-22(24,25)14-8-6-13(7-9-14)18(21(32)27-11-3-10-26-27)17(12-28(33)34)29-19(30)15-4-1-2-5-16(15)20(29)31/h1-11,17-18H,12H2/t17-,18-/m0/s1. The van der Waals surface area contributed by atoms with Gasteiger partial charge in [-0.2, -0.15) is 18.3 Å². The molecule has 9 nitrogen and oxygen atoms in total. The number of benzene rings is 2. The Hall–Kier alpha value is -4.35.